The lowest BCUT2D eigenvalue weighted by atomic mass is 10.2. The van der Waals surface area contributed by atoms with E-state index in [1.807, 2.05) is 37.3 Å². The molecule has 120 valence electrons. The second kappa shape index (κ2) is 7.29. The summed E-state index contributed by atoms with van der Waals surface area (Å²) in [4.78, 5) is 15.9. The lowest BCUT2D eigenvalue weighted by Gasteiger charge is -2.33. The molecule has 23 heavy (non-hydrogen) atoms. The van der Waals surface area contributed by atoms with Crippen molar-refractivity contribution in [3.05, 3.63) is 60.2 Å². The Kier molecular flexibility index (Phi) is 4.93. The molecule has 2 aromatic carbocycles. The molecule has 1 aliphatic rings. The van der Waals surface area contributed by atoms with E-state index in [0.29, 0.717) is 6.54 Å². The van der Waals surface area contributed by atoms with Gasteiger partial charge in [0.2, 0.25) is 0 Å². The fraction of sp³-hybridized carbons (Fsp3) is 0.316. The first kappa shape index (κ1) is 15.6. The van der Waals surface area contributed by atoms with Crippen LogP contribution in [0, 0.1) is 6.92 Å². The number of para-hydroxylation sites is 1. The summed E-state index contributed by atoms with van der Waals surface area (Å²) in [7, 11) is 0. The van der Waals surface area contributed by atoms with Crippen LogP contribution in [0.4, 0.5) is 11.4 Å². The number of hydrogen-bond donors (Lipinski definition) is 2. The fourth-order valence-corrected chi connectivity index (χ4v) is 3.05. The Labute approximate surface area is 137 Å². The largest absolute Gasteiger partial charge is 0.360 e. The third-order valence-electron chi connectivity index (χ3n) is 4.30. The minimum Gasteiger partial charge on any atom is -0.360 e. The number of benzene rings is 2. The van der Waals surface area contributed by atoms with E-state index in [0.717, 1.165) is 37.4 Å². The van der Waals surface area contributed by atoms with Crippen LogP contribution in [0.3, 0.4) is 0 Å². The summed E-state index contributed by atoms with van der Waals surface area (Å²) < 4.78 is 0. The van der Waals surface area contributed by atoms with Gasteiger partial charge in [-0.05, 0) is 36.8 Å². The van der Waals surface area contributed by atoms with Gasteiger partial charge in [-0.2, -0.15) is 0 Å². The number of rotatable bonds is 4. The molecule has 1 fully saturated rings. The lowest BCUT2D eigenvalue weighted by molar-refractivity contribution is -0.892. The third-order valence-corrected chi connectivity index (χ3v) is 4.30. The van der Waals surface area contributed by atoms with E-state index in [9.17, 15) is 4.79 Å². The van der Waals surface area contributed by atoms with E-state index in [1.165, 1.54) is 10.6 Å². The molecule has 0 unspecified atom stereocenters. The smallest absolute Gasteiger partial charge is 0.279 e. The Bertz CT molecular complexity index is 649. The first-order valence-electron chi connectivity index (χ1n) is 8.21. The molecule has 2 N–H and O–H groups in total. The first-order chi connectivity index (χ1) is 11.2. The van der Waals surface area contributed by atoms with Crippen LogP contribution >= 0.6 is 0 Å². The average molecular weight is 310 g/mol. The van der Waals surface area contributed by atoms with Crippen molar-refractivity contribution in [2.24, 2.45) is 0 Å². The van der Waals surface area contributed by atoms with Crippen LogP contribution in [-0.4, -0.2) is 38.6 Å². The molecule has 0 atom stereocenters. The number of piperazine rings is 1. The molecule has 1 saturated heterocycles. The molecule has 1 heterocycles. The zero-order valence-corrected chi connectivity index (χ0v) is 13.6. The van der Waals surface area contributed by atoms with Gasteiger partial charge in [0.1, 0.15) is 0 Å². The molecular formula is C19H24N3O+. The summed E-state index contributed by atoms with van der Waals surface area (Å²) >= 11 is 0. The standard InChI is InChI=1S/C19H23N3O/c1-16-6-5-7-17(14-16)20-19(23)15-21-10-12-22(13-11-21)18-8-3-2-4-9-18/h2-9,14H,10-13,15H2,1H3,(H,20,23)/p+1. The van der Waals surface area contributed by atoms with E-state index < -0.39 is 0 Å². The summed E-state index contributed by atoms with van der Waals surface area (Å²) in [6, 6.07) is 18.4. The topological polar surface area (TPSA) is 36.8 Å². The summed E-state index contributed by atoms with van der Waals surface area (Å²) in [6.07, 6.45) is 0. The number of nitrogens with one attached hydrogen (secondary N) is 2. The lowest BCUT2D eigenvalue weighted by Crippen LogP contribution is -3.15. The Morgan fingerprint density at radius 1 is 1.09 bits per heavy atom. The predicted molar refractivity (Wildman–Crippen MR) is 94.0 cm³/mol. The highest BCUT2D eigenvalue weighted by molar-refractivity contribution is 5.91. The molecule has 0 spiro atoms. The van der Waals surface area contributed by atoms with E-state index in [2.05, 4.69) is 34.5 Å². The van der Waals surface area contributed by atoms with E-state index in [1.54, 1.807) is 0 Å². The molecule has 0 radical (unpaired) electrons. The van der Waals surface area contributed by atoms with Crippen LogP contribution in [0.1, 0.15) is 5.56 Å². The highest BCUT2D eigenvalue weighted by Crippen LogP contribution is 2.12. The predicted octanol–water partition coefficient (Wildman–Crippen LogP) is 1.34. The van der Waals surface area contributed by atoms with Crippen LogP contribution in [0.15, 0.2) is 54.6 Å². The van der Waals surface area contributed by atoms with Gasteiger partial charge < -0.3 is 15.1 Å². The maximum absolute atomic E-state index is 12.2. The maximum Gasteiger partial charge on any atom is 0.279 e. The molecule has 0 aromatic heterocycles. The highest BCUT2D eigenvalue weighted by atomic mass is 16.2. The number of nitrogens with zero attached hydrogens (tertiary/aromatic N) is 1. The number of anilines is 2. The Hall–Kier alpha value is -2.33. The van der Waals surface area contributed by atoms with Crippen LogP contribution in [0.2, 0.25) is 0 Å². The number of amides is 1. The number of hydrogen-bond acceptors (Lipinski definition) is 2. The van der Waals surface area contributed by atoms with Crippen molar-refractivity contribution in [1.82, 2.24) is 0 Å². The summed E-state index contributed by atoms with van der Waals surface area (Å²) in [5.74, 6) is 0.0961. The van der Waals surface area contributed by atoms with Gasteiger partial charge in [-0.3, -0.25) is 4.79 Å². The minimum atomic E-state index is 0.0961. The van der Waals surface area contributed by atoms with Crippen molar-refractivity contribution >= 4 is 17.3 Å². The summed E-state index contributed by atoms with van der Waals surface area (Å²) in [6.45, 7) is 6.56. The van der Waals surface area contributed by atoms with Crippen molar-refractivity contribution in [3.63, 3.8) is 0 Å². The Morgan fingerprint density at radius 3 is 2.52 bits per heavy atom. The second-order valence-corrected chi connectivity index (χ2v) is 6.17. The van der Waals surface area contributed by atoms with E-state index in [4.69, 9.17) is 0 Å². The monoisotopic (exact) mass is 310 g/mol. The maximum atomic E-state index is 12.2. The zero-order valence-electron chi connectivity index (χ0n) is 13.6. The SMILES string of the molecule is Cc1cccc(NC(=O)C[NH+]2CCN(c3ccccc3)CC2)c1. The zero-order chi connectivity index (χ0) is 16.1. The number of carbonyl (C=O) groups is 1. The van der Waals surface area contributed by atoms with Gasteiger partial charge in [-0.15, -0.1) is 0 Å². The van der Waals surface area contributed by atoms with Crippen LogP contribution in [-0.2, 0) is 4.79 Å². The molecule has 4 nitrogen and oxygen atoms in total. The van der Waals surface area contributed by atoms with Gasteiger partial charge in [0.05, 0.1) is 26.2 Å². The fourth-order valence-electron chi connectivity index (χ4n) is 3.05. The second-order valence-electron chi connectivity index (χ2n) is 6.17. The summed E-state index contributed by atoms with van der Waals surface area (Å²) in [5.41, 5.74) is 3.32. The Balaban J connectivity index is 1.48. The number of carbonyl (C=O) groups excluding carboxylic acids is 1. The van der Waals surface area contributed by atoms with Crippen LogP contribution < -0.4 is 15.1 Å². The molecule has 4 heteroatoms. The molecule has 0 aliphatic carbocycles. The van der Waals surface area contributed by atoms with Crippen LogP contribution in [0.5, 0.6) is 0 Å². The van der Waals surface area contributed by atoms with Crippen molar-refractivity contribution in [2.45, 2.75) is 6.92 Å². The van der Waals surface area contributed by atoms with Gasteiger partial charge in [0, 0.05) is 11.4 Å². The van der Waals surface area contributed by atoms with Gasteiger partial charge >= 0.3 is 0 Å². The quantitative estimate of drug-likeness (QED) is 0.894. The first-order valence-corrected chi connectivity index (χ1v) is 8.21. The van der Waals surface area contributed by atoms with Crippen molar-refractivity contribution in [1.29, 1.82) is 0 Å². The van der Waals surface area contributed by atoms with E-state index >= 15 is 0 Å². The van der Waals surface area contributed by atoms with Crippen LogP contribution in [0.25, 0.3) is 0 Å². The Morgan fingerprint density at radius 2 is 1.83 bits per heavy atom. The molecule has 2 aromatic rings. The minimum absolute atomic E-state index is 0.0961. The van der Waals surface area contributed by atoms with Gasteiger partial charge in [0.15, 0.2) is 6.54 Å². The molecule has 0 bridgehead atoms. The highest BCUT2D eigenvalue weighted by Gasteiger charge is 2.22. The molecular weight excluding hydrogens is 286 g/mol. The van der Waals surface area contributed by atoms with E-state index in [-0.39, 0.29) is 5.91 Å². The average Bonchev–Trinajstić information content (AvgIpc) is 2.56. The van der Waals surface area contributed by atoms with Gasteiger partial charge in [0.25, 0.3) is 5.91 Å². The molecule has 1 amide bonds. The summed E-state index contributed by atoms with van der Waals surface area (Å²) in [5, 5.41) is 3.00. The molecule has 0 saturated carbocycles. The molecule has 3 rings (SSSR count). The van der Waals surface area contributed by atoms with Gasteiger partial charge in [-0.1, -0.05) is 30.3 Å². The van der Waals surface area contributed by atoms with Crippen molar-refractivity contribution in [2.75, 3.05) is 42.9 Å². The molecule has 1 aliphatic heterocycles. The number of quaternary nitrogens is 1. The van der Waals surface area contributed by atoms with Gasteiger partial charge in [-0.25, -0.2) is 0 Å². The number of aryl methyl sites for hydroxylation is 1. The normalized spacial score (nSPS) is 15.4. The third kappa shape index (κ3) is 4.33. The van der Waals surface area contributed by atoms with Crippen molar-refractivity contribution < 1.29 is 9.69 Å². The van der Waals surface area contributed by atoms with Crippen molar-refractivity contribution in [3.8, 4) is 0 Å².